The minimum Gasteiger partial charge on any atom is -0.470 e. The summed E-state index contributed by atoms with van der Waals surface area (Å²) in [6, 6.07) is 0. The van der Waals surface area contributed by atoms with Crippen molar-refractivity contribution in [3.63, 3.8) is 0 Å². The highest BCUT2D eigenvalue weighted by Crippen LogP contribution is 2.36. The van der Waals surface area contributed by atoms with Gasteiger partial charge in [0.05, 0.1) is 17.3 Å². The van der Waals surface area contributed by atoms with Gasteiger partial charge in [0.25, 0.3) is 0 Å². The molecule has 1 aromatic rings. The number of nitrogens with zero attached hydrogens (tertiary/aromatic N) is 5. The molecule has 144 valence electrons. The van der Waals surface area contributed by atoms with Crippen LogP contribution in [0.15, 0.2) is 11.4 Å². The number of ether oxygens (including phenoxy) is 1. The highest BCUT2D eigenvalue weighted by Gasteiger charge is 2.43. The van der Waals surface area contributed by atoms with E-state index in [0.717, 1.165) is 50.5 Å². The van der Waals surface area contributed by atoms with Crippen molar-refractivity contribution in [3.05, 3.63) is 11.9 Å². The van der Waals surface area contributed by atoms with Gasteiger partial charge in [0.1, 0.15) is 6.10 Å². The number of aromatic nitrogens is 3. The predicted octanol–water partition coefficient (Wildman–Crippen LogP) is 0.942. The molecular weight excluding hydrogens is 332 g/mol. The van der Waals surface area contributed by atoms with Crippen LogP contribution in [0.5, 0.6) is 0 Å². The summed E-state index contributed by atoms with van der Waals surface area (Å²) in [5.41, 5.74) is 0.834. The highest BCUT2D eigenvalue weighted by atomic mass is 16.7. The van der Waals surface area contributed by atoms with E-state index in [9.17, 15) is 0 Å². The fourth-order valence-electron chi connectivity index (χ4n) is 4.32. The molecule has 2 saturated heterocycles. The lowest BCUT2D eigenvalue weighted by Crippen LogP contribution is -2.49. The average Bonchev–Trinajstić information content (AvgIpc) is 3.08. The Morgan fingerprint density at radius 2 is 2.04 bits per heavy atom. The molecule has 0 aromatic carbocycles. The number of likely N-dealkylation sites (tertiary alicyclic amines) is 1. The van der Waals surface area contributed by atoms with E-state index in [4.69, 9.17) is 9.57 Å². The lowest BCUT2D eigenvalue weighted by atomic mass is 9.75. The van der Waals surface area contributed by atoms with Gasteiger partial charge >= 0.3 is 0 Å². The van der Waals surface area contributed by atoms with E-state index in [-0.39, 0.29) is 11.5 Å². The van der Waals surface area contributed by atoms with E-state index in [0.29, 0.717) is 6.61 Å². The molecule has 4 rings (SSSR count). The van der Waals surface area contributed by atoms with Crippen LogP contribution in [0.3, 0.4) is 0 Å². The second kappa shape index (κ2) is 7.92. The maximum Gasteiger partial charge on any atom is 0.232 e. The Kier molecular flexibility index (Phi) is 5.40. The monoisotopic (exact) mass is 362 g/mol. The Morgan fingerprint density at radius 1 is 1.23 bits per heavy atom. The number of oxime groups is 1. The Labute approximate surface area is 154 Å². The molecule has 3 aliphatic heterocycles. The van der Waals surface area contributed by atoms with Crippen molar-refractivity contribution in [2.24, 2.45) is 17.6 Å². The molecular formula is C18H30N6O2. The quantitative estimate of drug-likeness (QED) is 0.840. The van der Waals surface area contributed by atoms with E-state index < -0.39 is 0 Å². The molecule has 0 amide bonds. The van der Waals surface area contributed by atoms with Gasteiger partial charge in [-0.25, -0.2) is 0 Å². The maximum absolute atomic E-state index is 6.41. The molecule has 0 saturated carbocycles. The summed E-state index contributed by atoms with van der Waals surface area (Å²) in [5.74, 6) is 0.762. The van der Waals surface area contributed by atoms with Crippen LogP contribution in [-0.2, 0) is 23.0 Å². The zero-order valence-electron chi connectivity index (χ0n) is 15.7. The van der Waals surface area contributed by atoms with Crippen LogP contribution in [0, 0.1) is 5.41 Å². The molecule has 4 heterocycles. The molecule has 1 unspecified atom stereocenters. The molecule has 0 radical (unpaired) electrons. The standard InChI is InChI=1S/C18H30N6O2/c1-23-20-12-15(21-23)11-18(5-7-19-8-6-18)17-22-25-14-16(26-17)13-24-9-3-2-4-10-24/h12,16,19H,2-11,13-14H2,1H3. The van der Waals surface area contributed by atoms with E-state index in [1.54, 1.807) is 4.80 Å². The molecule has 3 aliphatic rings. The number of nitrogens with one attached hydrogen (secondary N) is 1. The Bertz CT molecular complexity index is 619. The van der Waals surface area contributed by atoms with Crippen molar-refractivity contribution in [2.75, 3.05) is 39.3 Å². The molecule has 1 atom stereocenters. The summed E-state index contributed by atoms with van der Waals surface area (Å²) in [5, 5.41) is 16.5. The van der Waals surface area contributed by atoms with Crippen molar-refractivity contribution < 1.29 is 9.57 Å². The summed E-state index contributed by atoms with van der Waals surface area (Å²) in [4.78, 5) is 9.74. The van der Waals surface area contributed by atoms with Crippen molar-refractivity contribution in [1.82, 2.24) is 25.2 Å². The molecule has 0 bridgehead atoms. The largest absolute Gasteiger partial charge is 0.470 e. The molecule has 8 heteroatoms. The first-order chi connectivity index (χ1) is 12.7. The minimum atomic E-state index is -0.151. The molecule has 1 aromatic heterocycles. The van der Waals surface area contributed by atoms with Crippen molar-refractivity contribution in [1.29, 1.82) is 0 Å². The van der Waals surface area contributed by atoms with Gasteiger partial charge in [-0.3, -0.25) is 4.90 Å². The smallest absolute Gasteiger partial charge is 0.232 e. The van der Waals surface area contributed by atoms with E-state index >= 15 is 0 Å². The van der Waals surface area contributed by atoms with Gasteiger partial charge in [0.15, 0.2) is 6.61 Å². The van der Waals surface area contributed by atoms with E-state index in [1.807, 2.05) is 13.2 Å². The normalized spacial score (nSPS) is 26.7. The summed E-state index contributed by atoms with van der Waals surface area (Å²) in [7, 11) is 1.85. The van der Waals surface area contributed by atoms with Gasteiger partial charge in [-0.05, 0) is 51.9 Å². The number of hydrogen-bond donors (Lipinski definition) is 1. The van der Waals surface area contributed by atoms with Crippen LogP contribution < -0.4 is 5.32 Å². The molecule has 8 nitrogen and oxygen atoms in total. The van der Waals surface area contributed by atoms with E-state index in [1.165, 1.54) is 32.4 Å². The maximum atomic E-state index is 6.41. The Hall–Kier alpha value is -1.67. The summed E-state index contributed by atoms with van der Waals surface area (Å²) in [6.45, 7) is 5.72. The summed E-state index contributed by atoms with van der Waals surface area (Å²) >= 11 is 0. The average molecular weight is 362 g/mol. The summed E-state index contributed by atoms with van der Waals surface area (Å²) < 4.78 is 6.41. The molecule has 0 spiro atoms. The number of hydrogen-bond acceptors (Lipinski definition) is 7. The summed E-state index contributed by atoms with van der Waals surface area (Å²) in [6.07, 6.45) is 8.58. The van der Waals surface area contributed by atoms with Crippen molar-refractivity contribution in [3.8, 4) is 0 Å². The molecule has 1 N–H and O–H groups in total. The van der Waals surface area contributed by atoms with Crippen LogP contribution in [0.25, 0.3) is 0 Å². The third-order valence-corrected chi connectivity index (χ3v) is 5.78. The fraction of sp³-hybridized carbons (Fsp3) is 0.833. The van der Waals surface area contributed by atoms with Gasteiger partial charge < -0.3 is 14.9 Å². The number of rotatable bonds is 5. The first-order valence-corrected chi connectivity index (χ1v) is 9.89. The lowest BCUT2D eigenvalue weighted by Gasteiger charge is -2.40. The fourth-order valence-corrected chi connectivity index (χ4v) is 4.32. The van der Waals surface area contributed by atoms with Gasteiger partial charge in [-0.1, -0.05) is 11.6 Å². The van der Waals surface area contributed by atoms with E-state index in [2.05, 4.69) is 25.6 Å². The van der Waals surface area contributed by atoms with Gasteiger partial charge in [-0.2, -0.15) is 15.0 Å². The van der Waals surface area contributed by atoms with Crippen LogP contribution in [0.4, 0.5) is 0 Å². The zero-order valence-corrected chi connectivity index (χ0v) is 15.7. The number of aryl methyl sites for hydroxylation is 1. The lowest BCUT2D eigenvalue weighted by molar-refractivity contribution is -0.0243. The predicted molar refractivity (Wildman–Crippen MR) is 97.8 cm³/mol. The Morgan fingerprint density at radius 3 is 2.77 bits per heavy atom. The highest BCUT2D eigenvalue weighted by molar-refractivity contribution is 5.83. The second-order valence-electron chi connectivity index (χ2n) is 7.83. The van der Waals surface area contributed by atoms with Crippen LogP contribution in [0.2, 0.25) is 0 Å². The first-order valence-electron chi connectivity index (χ1n) is 9.89. The Balaban J connectivity index is 1.46. The third kappa shape index (κ3) is 4.01. The van der Waals surface area contributed by atoms with Crippen molar-refractivity contribution >= 4 is 5.90 Å². The molecule has 26 heavy (non-hydrogen) atoms. The zero-order chi connectivity index (χ0) is 17.8. The second-order valence-corrected chi connectivity index (χ2v) is 7.83. The topological polar surface area (TPSA) is 76.8 Å². The van der Waals surface area contributed by atoms with Gasteiger partial charge in [0, 0.05) is 20.0 Å². The number of piperidine rings is 2. The minimum absolute atomic E-state index is 0.0641. The first kappa shape index (κ1) is 17.7. The molecule has 2 fully saturated rings. The van der Waals surface area contributed by atoms with Crippen molar-refractivity contribution in [2.45, 2.75) is 44.6 Å². The van der Waals surface area contributed by atoms with Gasteiger partial charge in [-0.15, -0.1) is 0 Å². The third-order valence-electron chi connectivity index (χ3n) is 5.78. The van der Waals surface area contributed by atoms with Crippen LogP contribution in [0.1, 0.15) is 37.8 Å². The van der Waals surface area contributed by atoms with Crippen LogP contribution in [-0.4, -0.2) is 71.2 Å². The van der Waals surface area contributed by atoms with Gasteiger partial charge in [0.2, 0.25) is 5.90 Å². The van der Waals surface area contributed by atoms with Crippen LogP contribution >= 0.6 is 0 Å². The molecule has 0 aliphatic carbocycles. The SMILES string of the molecule is Cn1ncc(CC2(C3=NOCC(CN4CCCCC4)O3)CCNCC2)n1.